The second kappa shape index (κ2) is 6.30. The Kier molecular flexibility index (Phi) is 4.48. The number of aliphatic hydroxyl groups is 1. The van der Waals surface area contributed by atoms with E-state index in [4.69, 9.17) is 0 Å². The molecule has 2 aromatic heterocycles. The van der Waals surface area contributed by atoms with Crippen molar-refractivity contribution in [1.29, 1.82) is 0 Å². The van der Waals surface area contributed by atoms with E-state index in [-0.39, 0.29) is 0 Å². The van der Waals surface area contributed by atoms with Crippen molar-refractivity contribution in [3.63, 3.8) is 0 Å². The number of rotatable bonds is 2. The maximum atomic E-state index is 10.4. The summed E-state index contributed by atoms with van der Waals surface area (Å²) in [5.74, 6) is 0. The molecule has 4 heteroatoms. The molecule has 1 unspecified atom stereocenters. The molecule has 20 heavy (non-hydrogen) atoms. The lowest BCUT2D eigenvalue weighted by Gasteiger charge is -2.11. The SMILES string of the molecule is CC.Cc1[nH]cnc1C(O)c1cccc2cccnc12. The molecule has 2 N–H and O–H groups in total. The summed E-state index contributed by atoms with van der Waals surface area (Å²) >= 11 is 0. The van der Waals surface area contributed by atoms with E-state index >= 15 is 0 Å². The lowest BCUT2D eigenvalue weighted by molar-refractivity contribution is 0.216. The molecule has 3 rings (SSSR count). The van der Waals surface area contributed by atoms with E-state index in [0.717, 1.165) is 22.2 Å². The number of nitrogens with zero attached hydrogens (tertiary/aromatic N) is 2. The summed E-state index contributed by atoms with van der Waals surface area (Å²) in [5, 5.41) is 11.5. The van der Waals surface area contributed by atoms with Crippen LogP contribution in [0.1, 0.15) is 36.9 Å². The first kappa shape index (κ1) is 14.2. The zero-order valence-corrected chi connectivity index (χ0v) is 12.0. The molecule has 4 nitrogen and oxygen atoms in total. The molecule has 0 spiro atoms. The van der Waals surface area contributed by atoms with Gasteiger partial charge in [0.1, 0.15) is 6.10 Å². The normalized spacial score (nSPS) is 11.8. The smallest absolute Gasteiger partial charge is 0.125 e. The van der Waals surface area contributed by atoms with Gasteiger partial charge in [0.05, 0.1) is 17.5 Å². The summed E-state index contributed by atoms with van der Waals surface area (Å²) in [6.45, 7) is 5.89. The minimum Gasteiger partial charge on any atom is -0.382 e. The van der Waals surface area contributed by atoms with Crippen LogP contribution in [0.4, 0.5) is 0 Å². The minimum atomic E-state index is -0.755. The summed E-state index contributed by atoms with van der Waals surface area (Å²) in [6, 6.07) is 9.66. The first-order chi connectivity index (χ1) is 9.77. The van der Waals surface area contributed by atoms with Crippen LogP contribution in [-0.4, -0.2) is 20.1 Å². The van der Waals surface area contributed by atoms with Gasteiger partial charge in [-0.05, 0) is 13.0 Å². The van der Waals surface area contributed by atoms with Crippen LogP contribution in [0.5, 0.6) is 0 Å². The van der Waals surface area contributed by atoms with Crippen LogP contribution in [0.25, 0.3) is 10.9 Å². The van der Waals surface area contributed by atoms with E-state index in [1.807, 2.05) is 51.1 Å². The average Bonchev–Trinajstić information content (AvgIpc) is 2.94. The third kappa shape index (κ3) is 2.56. The summed E-state index contributed by atoms with van der Waals surface area (Å²) in [6.07, 6.45) is 2.57. The summed E-state index contributed by atoms with van der Waals surface area (Å²) < 4.78 is 0. The molecule has 0 aliphatic heterocycles. The number of benzene rings is 1. The molecule has 0 fully saturated rings. The van der Waals surface area contributed by atoms with Gasteiger partial charge in [-0.3, -0.25) is 4.98 Å². The van der Waals surface area contributed by atoms with Gasteiger partial charge in [0.15, 0.2) is 0 Å². The molecule has 3 aromatic rings. The molecular formula is C16H19N3O. The molecule has 0 saturated heterocycles. The number of nitrogens with one attached hydrogen (secondary N) is 1. The number of pyridine rings is 1. The number of aromatic amines is 1. The predicted molar refractivity (Wildman–Crippen MR) is 80.5 cm³/mol. The first-order valence-electron chi connectivity index (χ1n) is 6.79. The molecule has 104 valence electrons. The number of imidazole rings is 1. The van der Waals surface area contributed by atoms with Gasteiger partial charge in [-0.15, -0.1) is 0 Å². The van der Waals surface area contributed by atoms with Crippen molar-refractivity contribution in [2.45, 2.75) is 26.9 Å². The predicted octanol–water partition coefficient (Wildman–Crippen LogP) is 3.37. The third-order valence-corrected chi connectivity index (χ3v) is 3.09. The average molecular weight is 269 g/mol. The number of aryl methyl sites for hydroxylation is 1. The van der Waals surface area contributed by atoms with Gasteiger partial charge in [0, 0.05) is 22.8 Å². The van der Waals surface area contributed by atoms with Gasteiger partial charge < -0.3 is 10.1 Å². The second-order valence-electron chi connectivity index (χ2n) is 4.24. The maximum absolute atomic E-state index is 10.4. The highest BCUT2D eigenvalue weighted by Gasteiger charge is 2.18. The van der Waals surface area contributed by atoms with Crippen molar-refractivity contribution in [2.24, 2.45) is 0 Å². The van der Waals surface area contributed by atoms with Crippen LogP contribution < -0.4 is 0 Å². The van der Waals surface area contributed by atoms with Crippen molar-refractivity contribution in [3.05, 3.63) is 59.8 Å². The van der Waals surface area contributed by atoms with Crippen molar-refractivity contribution >= 4 is 10.9 Å². The molecule has 0 aliphatic carbocycles. The Hall–Kier alpha value is -2.20. The molecular weight excluding hydrogens is 250 g/mol. The third-order valence-electron chi connectivity index (χ3n) is 3.09. The molecule has 0 aliphatic rings. The lowest BCUT2D eigenvalue weighted by atomic mass is 10.0. The number of fused-ring (bicyclic) bond motifs is 1. The van der Waals surface area contributed by atoms with Gasteiger partial charge in [0.25, 0.3) is 0 Å². The van der Waals surface area contributed by atoms with Crippen molar-refractivity contribution in [2.75, 3.05) is 0 Å². The molecule has 0 saturated carbocycles. The Balaban J connectivity index is 0.000000704. The standard InChI is InChI=1S/C14H13N3O.C2H6/c1-9-12(17-8-16-9)14(18)11-6-2-4-10-5-3-7-15-13(10)11;1-2/h2-8,14,18H,1H3,(H,16,17);1-2H3. The monoisotopic (exact) mass is 269 g/mol. The first-order valence-corrected chi connectivity index (χ1v) is 6.79. The van der Waals surface area contributed by atoms with E-state index < -0.39 is 6.10 Å². The van der Waals surface area contributed by atoms with E-state index in [1.165, 1.54) is 0 Å². The Bertz CT molecular complexity index is 686. The van der Waals surface area contributed by atoms with E-state index in [2.05, 4.69) is 15.0 Å². The van der Waals surface area contributed by atoms with E-state index in [9.17, 15) is 5.11 Å². The van der Waals surface area contributed by atoms with E-state index in [0.29, 0.717) is 5.69 Å². The topological polar surface area (TPSA) is 61.8 Å². The van der Waals surface area contributed by atoms with Crippen LogP contribution >= 0.6 is 0 Å². The van der Waals surface area contributed by atoms with Gasteiger partial charge in [-0.2, -0.15) is 0 Å². The maximum Gasteiger partial charge on any atom is 0.125 e. The van der Waals surface area contributed by atoms with Crippen LogP contribution in [-0.2, 0) is 0 Å². The Morgan fingerprint density at radius 2 is 1.85 bits per heavy atom. The fourth-order valence-corrected chi connectivity index (χ4v) is 2.14. The van der Waals surface area contributed by atoms with Crippen LogP contribution in [0.15, 0.2) is 42.9 Å². The molecule has 1 aromatic carbocycles. The fraction of sp³-hybridized carbons (Fsp3) is 0.250. The van der Waals surface area contributed by atoms with Crippen LogP contribution in [0, 0.1) is 6.92 Å². The van der Waals surface area contributed by atoms with Gasteiger partial charge >= 0.3 is 0 Å². The fourth-order valence-electron chi connectivity index (χ4n) is 2.14. The van der Waals surface area contributed by atoms with Crippen molar-refractivity contribution in [3.8, 4) is 0 Å². The number of aliphatic hydroxyl groups excluding tert-OH is 1. The van der Waals surface area contributed by atoms with Crippen molar-refractivity contribution < 1.29 is 5.11 Å². The van der Waals surface area contributed by atoms with Gasteiger partial charge in [-0.1, -0.05) is 38.1 Å². The molecule has 0 bridgehead atoms. The molecule has 1 atom stereocenters. The molecule has 0 amide bonds. The Morgan fingerprint density at radius 3 is 2.55 bits per heavy atom. The van der Waals surface area contributed by atoms with Crippen LogP contribution in [0.3, 0.4) is 0 Å². The highest BCUT2D eigenvalue weighted by Crippen LogP contribution is 2.27. The Morgan fingerprint density at radius 1 is 1.10 bits per heavy atom. The zero-order chi connectivity index (χ0) is 14.5. The Labute approximate surface area is 118 Å². The largest absolute Gasteiger partial charge is 0.382 e. The summed E-state index contributed by atoms with van der Waals surface area (Å²) in [4.78, 5) is 11.5. The van der Waals surface area contributed by atoms with E-state index in [1.54, 1.807) is 12.5 Å². The highest BCUT2D eigenvalue weighted by atomic mass is 16.3. The number of para-hydroxylation sites is 1. The highest BCUT2D eigenvalue weighted by molar-refractivity contribution is 5.82. The number of hydrogen-bond acceptors (Lipinski definition) is 3. The summed E-state index contributed by atoms with van der Waals surface area (Å²) in [7, 11) is 0. The quantitative estimate of drug-likeness (QED) is 0.749. The number of aromatic nitrogens is 3. The second-order valence-corrected chi connectivity index (χ2v) is 4.24. The van der Waals surface area contributed by atoms with Crippen molar-refractivity contribution in [1.82, 2.24) is 15.0 Å². The van der Waals surface area contributed by atoms with Crippen LogP contribution in [0.2, 0.25) is 0 Å². The van der Waals surface area contributed by atoms with Gasteiger partial charge in [0.2, 0.25) is 0 Å². The molecule has 0 radical (unpaired) electrons. The molecule has 2 heterocycles. The summed E-state index contributed by atoms with van der Waals surface area (Å²) in [5.41, 5.74) is 3.11. The number of hydrogen-bond donors (Lipinski definition) is 2. The zero-order valence-electron chi connectivity index (χ0n) is 12.0. The number of H-pyrrole nitrogens is 1. The van der Waals surface area contributed by atoms with Gasteiger partial charge in [-0.25, -0.2) is 4.98 Å². The minimum absolute atomic E-state index is 0.646. The lowest BCUT2D eigenvalue weighted by Crippen LogP contribution is -2.03.